The third-order valence-corrected chi connectivity index (χ3v) is 3.22. The van der Waals surface area contributed by atoms with E-state index in [9.17, 15) is 4.79 Å². The number of alkyl halides is 1. The Kier molecular flexibility index (Phi) is 4.68. The molecule has 6 heteroatoms. The van der Waals surface area contributed by atoms with Gasteiger partial charge in [-0.1, -0.05) is 25.3 Å². The van der Waals surface area contributed by atoms with Crippen LogP contribution in [0.2, 0.25) is 0 Å². The smallest absolute Gasteiger partial charge is 0.264 e. The lowest BCUT2D eigenvalue weighted by molar-refractivity contribution is 0.0904. The van der Waals surface area contributed by atoms with E-state index in [0.29, 0.717) is 10.8 Å². The van der Waals surface area contributed by atoms with Gasteiger partial charge in [0.2, 0.25) is 0 Å². The molecule has 1 aromatic rings. The van der Waals surface area contributed by atoms with Crippen molar-refractivity contribution in [3.8, 4) is 0 Å². The summed E-state index contributed by atoms with van der Waals surface area (Å²) >= 11 is 6.83. The van der Waals surface area contributed by atoms with Crippen LogP contribution in [-0.2, 0) is 0 Å². The zero-order valence-corrected chi connectivity index (χ0v) is 11.2. The normalized spacial score (nSPS) is 13.5. The van der Waals surface area contributed by atoms with Gasteiger partial charge in [-0.25, -0.2) is 0 Å². The van der Waals surface area contributed by atoms with Gasteiger partial charge in [0.05, 0.1) is 6.20 Å². The summed E-state index contributed by atoms with van der Waals surface area (Å²) in [7, 11) is 0. The molecule has 0 spiro atoms. The number of nitrogens with zero attached hydrogens (tertiary/aromatic N) is 2. The van der Waals surface area contributed by atoms with Crippen molar-refractivity contribution < 1.29 is 4.79 Å². The Balaban J connectivity index is 2.66. The first kappa shape index (κ1) is 13.4. The first-order chi connectivity index (χ1) is 7.45. The fraction of sp³-hybridized carbons (Fsp3) is 0.700. The minimum atomic E-state index is -0.125. The van der Waals surface area contributed by atoms with Crippen molar-refractivity contribution in [3.63, 3.8) is 0 Å². The van der Waals surface area contributed by atoms with Crippen LogP contribution in [0.5, 0.6) is 0 Å². The first-order valence-corrected chi connectivity index (χ1v) is 6.40. The van der Waals surface area contributed by atoms with Crippen LogP contribution in [0.4, 0.5) is 0 Å². The second-order valence-corrected chi connectivity index (χ2v) is 5.82. The van der Waals surface area contributed by atoms with E-state index in [-0.39, 0.29) is 17.4 Å². The second kappa shape index (κ2) is 5.59. The topological polar surface area (TPSA) is 54.9 Å². The van der Waals surface area contributed by atoms with Gasteiger partial charge in [-0.15, -0.1) is 16.7 Å². The zero-order valence-electron chi connectivity index (χ0n) is 9.66. The Morgan fingerprint density at radius 2 is 2.31 bits per heavy atom. The molecule has 90 valence electrons. The number of hydrogen-bond donors (Lipinski definition) is 1. The summed E-state index contributed by atoms with van der Waals surface area (Å²) < 4.78 is 3.66. The molecule has 16 heavy (non-hydrogen) atoms. The molecule has 1 unspecified atom stereocenters. The monoisotopic (exact) mass is 261 g/mol. The maximum absolute atomic E-state index is 11.8. The van der Waals surface area contributed by atoms with Crippen LogP contribution in [-0.4, -0.2) is 27.4 Å². The van der Waals surface area contributed by atoms with Gasteiger partial charge >= 0.3 is 0 Å². The molecule has 0 aliphatic rings. The van der Waals surface area contributed by atoms with E-state index in [4.69, 9.17) is 11.6 Å². The molecule has 1 atom stereocenters. The Hall–Kier alpha value is -0.680. The summed E-state index contributed by atoms with van der Waals surface area (Å²) in [6.07, 6.45) is 2.23. The van der Waals surface area contributed by atoms with E-state index < -0.39 is 0 Å². The SMILES string of the molecule is CC(C)(C)C(CCCl)NC(=O)c1cnns1. The predicted molar refractivity (Wildman–Crippen MR) is 66.0 cm³/mol. The number of nitrogens with one attached hydrogen (secondary N) is 1. The van der Waals surface area contributed by atoms with Gasteiger partial charge in [-0.3, -0.25) is 4.79 Å². The summed E-state index contributed by atoms with van der Waals surface area (Å²) in [5.41, 5.74) is -0.0112. The van der Waals surface area contributed by atoms with E-state index in [1.54, 1.807) is 0 Å². The lowest BCUT2D eigenvalue weighted by Crippen LogP contribution is -2.43. The number of hydrogen-bond acceptors (Lipinski definition) is 4. The molecule has 0 radical (unpaired) electrons. The van der Waals surface area contributed by atoms with Gasteiger partial charge in [0.25, 0.3) is 5.91 Å². The Labute approximate surface area is 105 Å². The zero-order chi connectivity index (χ0) is 12.2. The molecule has 0 fully saturated rings. The molecule has 0 aliphatic heterocycles. The molecule has 4 nitrogen and oxygen atoms in total. The molecule has 1 heterocycles. The van der Waals surface area contributed by atoms with Gasteiger partial charge in [0, 0.05) is 11.9 Å². The van der Waals surface area contributed by atoms with E-state index in [0.717, 1.165) is 18.0 Å². The maximum atomic E-state index is 11.8. The molecule has 0 aliphatic carbocycles. The van der Waals surface area contributed by atoms with Crippen molar-refractivity contribution in [2.75, 3.05) is 5.88 Å². The van der Waals surface area contributed by atoms with Gasteiger partial charge in [-0.2, -0.15) is 0 Å². The van der Waals surface area contributed by atoms with Gasteiger partial charge in [0.15, 0.2) is 0 Å². The van der Waals surface area contributed by atoms with Crippen LogP contribution in [0.15, 0.2) is 6.20 Å². The van der Waals surface area contributed by atoms with Crippen LogP contribution in [0.3, 0.4) is 0 Å². The molecular weight excluding hydrogens is 246 g/mol. The average Bonchev–Trinajstić information content (AvgIpc) is 2.68. The highest BCUT2D eigenvalue weighted by atomic mass is 35.5. The summed E-state index contributed by atoms with van der Waals surface area (Å²) in [6.45, 7) is 6.24. The Morgan fingerprint density at radius 3 is 2.75 bits per heavy atom. The average molecular weight is 262 g/mol. The highest BCUT2D eigenvalue weighted by Gasteiger charge is 2.26. The third-order valence-electron chi connectivity index (χ3n) is 2.33. The second-order valence-electron chi connectivity index (χ2n) is 4.65. The number of halogens is 1. The molecule has 1 amide bonds. The van der Waals surface area contributed by atoms with Crippen molar-refractivity contribution in [1.29, 1.82) is 0 Å². The molecule has 1 rings (SSSR count). The van der Waals surface area contributed by atoms with Gasteiger partial charge < -0.3 is 5.32 Å². The third kappa shape index (κ3) is 3.72. The minimum absolute atomic E-state index is 0.0112. The fourth-order valence-corrected chi connectivity index (χ4v) is 1.96. The molecule has 0 bridgehead atoms. The van der Waals surface area contributed by atoms with E-state index in [2.05, 4.69) is 35.7 Å². The van der Waals surface area contributed by atoms with Crippen LogP contribution < -0.4 is 5.32 Å². The van der Waals surface area contributed by atoms with Crippen molar-refractivity contribution in [2.45, 2.75) is 33.2 Å². The summed E-state index contributed by atoms with van der Waals surface area (Å²) in [5, 5.41) is 6.61. The summed E-state index contributed by atoms with van der Waals surface area (Å²) in [5.74, 6) is 0.406. The molecule has 0 saturated heterocycles. The van der Waals surface area contributed by atoms with Crippen molar-refractivity contribution >= 4 is 29.0 Å². The lowest BCUT2D eigenvalue weighted by Gasteiger charge is -2.30. The number of amides is 1. The van der Waals surface area contributed by atoms with Gasteiger partial charge in [-0.05, 0) is 23.4 Å². The van der Waals surface area contributed by atoms with Crippen LogP contribution in [0, 0.1) is 5.41 Å². The summed E-state index contributed by atoms with van der Waals surface area (Å²) in [4.78, 5) is 12.3. The van der Waals surface area contributed by atoms with E-state index in [1.165, 1.54) is 6.20 Å². The van der Waals surface area contributed by atoms with Crippen molar-refractivity contribution in [2.24, 2.45) is 5.41 Å². The van der Waals surface area contributed by atoms with E-state index >= 15 is 0 Å². The summed E-state index contributed by atoms with van der Waals surface area (Å²) in [6, 6.07) is 0.0552. The number of carbonyl (C=O) groups is 1. The van der Waals surface area contributed by atoms with Crippen molar-refractivity contribution in [3.05, 3.63) is 11.1 Å². The Bertz CT molecular complexity index is 334. The molecular formula is C10H16ClN3OS. The number of rotatable bonds is 4. The predicted octanol–water partition coefficient (Wildman–Crippen LogP) is 2.31. The molecule has 0 aromatic carbocycles. The van der Waals surface area contributed by atoms with Crippen LogP contribution in [0.25, 0.3) is 0 Å². The number of carbonyl (C=O) groups excluding carboxylic acids is 1. The fourth-order valence-electron chi connectivity index (χ4n) is 1.33. The van der Waals surface area contributed by atoms with Gasteiger partial charge in [0.1, 0.15) is 4.88 Å². The molecule has 1 aromatic heterocycles. The standard InChI is InChI=1S/C10H16ClN3OS/c1-10(2,3)8(4-5-11)13-9(15)7-6-12-14-16-7/h6,8H,4-5H2,1-3H3,(H,13,15). The number of aromatic nitrogens is 2. The highest BCUT2D eigenvalue weighted by molar-refractivity contribution is 7.07. The van der Waals surface area contributed by atoms with Crippen LogP contribution >= 0.6 is 23.1 Å². The first-order valence-electron chi connectivity index (χ1n) is 5.09. The van der Waals surface area contributed by atoms with E-state index in [1.807, 2.05) is 0 Å². The molecule has 0 saturated carbocycles. The molecule has 1 N–H and O–H groups in total. The Morgan fingerprint density at radius 1 is 1.62 bits per heavy atom. The van der Waals surface area contributed by atoms with Crippen LogP contribution in [0.1, 0.15) is 36.9 Å². The maximum Gasteiger partial charge on any atom is 0.264 e. The van der Waals surface area contributed by atoms with Crippen molar-refractivity contribution in [1.82, 2.24) is 14.9 Å². The minimum Gasteiger partial charge on any atom is -0.348 e. The quantitative estimate of drug-likeness (QED) is 0.847. The largest absolute Gasteiger partial charge is 0.348 e. The highest BCUT2D eigenvalue weighted by Crippen LogP contribution is 2.22. The lowest BCUT2D eigenvalue weighted by atomic mass is 9.85.